The molecule has 1 aromatic carbocycles. The Bertz CT molecular complexity index is 496. The molecule has 90 valence electrons. The van der Waals surface area contributed by atoms with E-state index in [0.717, 1.165) is 14.5 Å². The summed E-state index contributed by atoms with van der Waals surface area (Å²) in [5.41, 5.74) is 1.15. The Morgan fingerprint density at radius 1 is 1.18 bits per heavy atom. The molecule has 0 saturated heterocycles. The molecule has 2 rings (SSSR count). The van der Waals surface area contributed by atoms with Gasteiger partial charge in [0.15, 0.2) is 0 Å². The highest BCUT2D eigenvalue weighted by Gasteiger charge is 2.10. The van der Waals surface area contributed by atoms with Crippen LogP contribution in [0.15, 0.2) is 44.7 Å². The molecule has 0 aliphatic carbocycles. The third-order valence-corrected chi connectivity index (χ3v) is 4.97. The van der Waals surface area contributed by atoms with Gasteiger partial charge in [0.1, 0.15) is 0 Å². The average molecular weight is 376 g/mol. The number of hydrogen-bond acceptors (Lipinski definition) is 2. The van der Waals surface area contributed by atoms with Crippen molar-refractivity contribution in [2.24, 2.45) is 0 Å². The molecular weight excluding hydrogens is 364 g/mol. The Hall–Kier alpha value is -0.160. The maximum absolute atomic E-state index is 10.1. The normalized spacial score (nSPS) is 12.6. The molecule has 2 aromatic rings. The molecule has 1 heterocycles. The molecule has 0 amide bonds. The van der Waals surface area contributed by atoms with Gasteiger partial charge >= 0.3 is 0 Å². The monoisotopic (exact) mass is 374 g/mol. The minimum absolute atomic E-state index is 0.334. The van der Waals surface area contributed by atoms with Crippen LogP contribution in [-0.4, -0.2) is 11.2 Å². The Morgan fingerprint density at radius 3 is 2.59 bits per heavy atom. The van der Waals surface area contributed by atoms with Crippen LogP contribution in [-0.2, 0) is 12.8 Å². The van der Waals surface area contributed by atoms with Crippen LogP contribution in [0.3, 0.4) is 0 Å². The van der Waals surface area contributed by atoms with Crippen LogP contribution in [0.25, 0.3) is 0 Å². The van der Waals surface area contributed by atoms with Gasteiger partial charge in [0, 0.05) is 25.6 Å². The molecule has 0 fully saturated rings. The lowest BCUT2D eigenvalue weighted by molar-refractivity contribution is 0.176. The number of benzene rings is 1. The van der Waals surface area contributed by atoms with E-state index in [1.165, 1.54) is 4.88 Å². The molecule has 4 heteroatoms. The summed E-state index contributed by atoms with van der Waals surface area (Å²) in [6.07, 6.45) is 1.05. The summed E-state index contributed by atoms with van der Waals surface area (Å²) in [5, 5.41) is 12.1. The van der Waals surface area contributed by atoms with Crippen LogP contribution >= 0.6 is 43.2 Å². The molecule has 0 aliphatic rings. The van der Waals surface area contributed by atoms with Crippen LogP contribution in [0.4, 0.5) is 0 Å². The van der Waals surface area contributed by atoms with Gasteiger partial charge in [0.05, 0.1) is 6.10 Å². The Kier molecular flexibility index (Phi) is 4.79. The zero-order valence-corrected chi connectivity index (χ0v) is 13.1. The lowest BCUT2D eigenvalue weighted by Crippen LogP contribution is -2.13. The van der Waals surface area contributed by atoms with Gasteiger partial charge in [-0.1, -0.05) is 34.1 Å². The van der Waals surface area contributed by atoms with Gasteiger partial charge in [0.2, 0.25) is 0 Å². The number of hydrogen-bond donors (Lipinski definition) is 1. The number of aliphatic hydroxyl groups is 1. The zero-order chi connectivity index (χ0) is 12.3. The third-order valence-electron chi connectivity index (χ3n) is 2.47. The maximum atomic E-state index is 10.1. The van der Waals surface area contributed by atoms with E-state index in [0.29, 0.717) is 12.8 Å². The van der Waals surface area contributed by atoms with E-state index in [9.17, 15) is 5.11 Å². The highest BCUT2D eigenvalue weighted by atomic mass is 79.9. The van der Waals surface area contributed by atoms with Crippen molar-refractivity contribution < 1.29 is 5.11 Å². The van der Waals surface area contributed by atoms with Gasteiger partial charge in [-0.3, -0.25) is 0 Å². The van der Waals surface area contributed by atoms with Crippen molar-refractivity contribution in [3.8, 4) is 0 Å². The minimum atomic E-state index is -0.334. The highest BCUT2D eigenvalue weighted by molar-refractivity contribution is 9.10. The van der Waals surface area contributed by atoms with Gasteiger partial charge in [-0.05, 0) is 40.0 Å². The molecule has 1 nitrogen and oxygen atoms in total. The molecule has 1 aromatic heterocycles. The second-order valence-electron chi connectivity index (χ2n) is 3.88. The van der Waals surface area contributed by atoms with Crippen molar-refractivity contribution in [3.63, 3.8) is 0 Å². The van der Waals surface area contributed by atoms with Crippen LogP contribution in [0, 0.1) is 0 Å². The van der Waals surface area contributed by atoms with Crippen molar-refractivity contribution in [3.05, 3.63) is 55.1 Å². The number of thiophene rings is 1. The van der Waals surface area contributed by atoms with E-state index in [4.69, 9.17) is 0 Å². The molecule has 1 N–H and O–H groups in total. The Balaban J connectivity index is 1.98. The summed E-state index contributed by atoms with van der Waals surface area (Å²) in [7, 11) is 0. The topological polar surface area (TPSA) is 20.2 Å². The average Bonchev–Trinajstić information content (AvgIpc) is 2.67. The van der Waals surface area contributed by atoms with Crippen LogP contribution in [0.1, 0.15) is 10.4 Å². The first-order valence-electron chi connectivity index (χ1n) is 5.29. The first-order chi connectivity index (χ1) is 8.15. The van der Waals surface area contributed by atoms with Gasteiger partial charge in [-0.15, -0.1) is 11.3 Å². The summed E-state index contributed by atoms with van der Waals surface area (Å²) < 4.78 is 2.15. The molecule has 0 spiro atoms. The predicted molar refractivity (Wildman–Crippen MR) is 79.6 cm³/mol. The Labute approximate surface area is 122 Å². The molecular formula is C13H12Br2OS. The standard InChI is InChI=1S/C13H12Br2OS/c14-10-6-12(17-8-10)7-11(16)5-9-3-1-2-4-13(9)15/h1-4,6,8,11,16H,5,7H2. The van der Waals surface area contributed by atoms with E-state index in [1.807, 2.05) is 29.6 Å². The Morgan fingerprint density at radius 2 is 1.94 bits per heavy atom. The van der Waals surface area contributed by atoms with E-state index in [1.54, 1.807) is 11.3 Å². The van der Waals surface area contributed by atoms with Gasteiger partial charge in [-0.25, -0.2) is 0 Å². The van der Waals surface area contributed by atoms with E-state index in [2.05, 4.69) is 37.9 Å². The molecule has 0 aliphatic heterocycles. The summed E-state index contributed by atoms with van der Waals surface area (Å²) in [6, 6.07) is 10.1. The molecule has 0 saturated carbocycles. The van der Waals surface area contributed by atoms with E-state index in [-0.39, 0.29) is 6.10 Å². The first-order valence-corrected chi connectivity index (χ1v) is 7.76. The molecule has 0 bridgehead atoms. The number of rotatable bonds is 4. The second kappa shape index (κ2) is 6.14. The number of halogens is 2. The summed E-state index contributed by atoms with van der Waals surface area (Å²) in [5.74, 6) is 0. The summed E-state index contributed by atoms with van der Waals surface area (Å²) >= 11 is 8.59. The van der Waals surface area contributed by atoms with E-state index < -0.39 is 0 Å². The molecule has 1 atom stereocenters. The lowest BCUT2D eigenvalue weighted by Gasteiger charge is -2.10. The summed E-state index contributed by atoms with van der Waals surface area (Å²) in [6.45, 7) is 0. The fourth-order valence-corrected chi connectivity index (χ4v) is 3.65. The van der Waals surface area contributed by atoms with Crippen LogP contribution in [0.2, 0.25) is 0 Å². The largest absolute Gasteiger partial charge is 0.392 e. The number of aliphatic hydroxyl groups excluding tert-OH is 1. The van der Waals surface area contributed by atoms with Crippen molar-refractivity contribution in [2.75, 3.05) is 0 Å². The van der Waals surface area contributed by atoms with Gasteiger partial charge < -0.3 is 5.11 Å². The SMILES string of the molecule is OC(Cc1cc(Br)cs1)Cc1ccccc1Br. The van der Waals surface area contributed by atoms with Gasteiger partial charge in [-0.2, -0.15) is 0 Å². The smallest absolute Gasteiger partial charge is 0.0629 e. The van der Waals surface area contributed by atoms with Crippen LogP contribution in [0.5, 0.6) is 0 Å². The predicted octanol–water partition coefficient (Wildman–Crippen LogP) is 4.42. The zero-order valence-electron chi connectivity index (χ0n) is 9.07. The van der Waals surface area contributed by atoms with Crippen LogP contribution < -0.4 is 0 Å². The fraction of sp³-hybridized carbons (Fsp3) is 0.231. The quantitative estimate of drug-likeness (QED) is 0.838. The fourth-order valence-electron chi connectivity index (χ4n) is 1.68. The molecule has 1 unspecified atom stereocenters. The van der Waals surface area contributed by atoms with E-state index >= 15 is 0 Å². The molecule has 0 radical (unpaired) electrons. The summed E-state index contributed by atoms with van der Waals surface area (Å²) in [4.78, 5) is 1.21. The van der Waals surface area contributed by atoms with Gasteiger partial charge in [0.25, 0.3) is 0 Å². The highest BCUT2D eigenvalue weighted by Crippen LogP contribution is 2.23. The van der Waals surface area contributed by atoms with Crippen molar-refractivity contribution in [1.82, 2.24) is 0 Å². The molecule has 17 heavy (non-hydrogen) atoms. The first kappa shape index (κ1) is 13.3. The van der Waals surface area contributed by atoms with Crippen molar-refractivity contribution in [2.45, 2.75) is 18.9 Å². The lowest BCUT2D eigenvalue weighted by atomic mass is 10.1. The third kappa shape index (κ3) is 3.91. The second-order valence-corrected chi connectivity index (χ2v) is 6.65. The van der Waals surface area contributed by atoms with Crippen molar-refractivity contribution >= 4 is 43.2 Å². The van der Waals surface area contributed by atoms with Crippen molar-refractivity contribution in [1.29, 1.82) is 0 Å². The minimum Gasteiger partial charge on any atom is -0.392 e. The maximum Gasteiger partial charge on any atom is 0.0629 e.